The summed E-state index contributed by atoms with van der Waals surface area (Å²) in [7, 11) is -3.69. The number of ether oxygens (including phenoxy) is 2. The van der Waals surface area contributed by atoms with Crippen LogP contribution in [0.2, 0.25) is 0 Å². The molecule has 0 saturated carbocycles. The maximum atomic E-state index is 13.1. The second kappa shape index (κ2) is 12.4. The summed E-state index contributed by atoms with van der Waals surface area (Å²) in [6, 6.07) is 8.93. The van der Waals surface area contributed by atoms with E-state index >= 15 is 0 Å². The molecule has 2 aromatic heterocycles. The number of benzene rings is 1. The van der Waals surface area contributed by atoms with Crippen LogP contribution >= 0.6 is 11.3 Å². The van der Waals surface area contributed by atoms with Crippen LogP contribution in [-0.2, 0) is 24.3 Å². The Kier molecular flexibility index (Phi) is 9.12. The molecule has 3 aromatic rings. The van der Waals surface area contributed by atoms with Crippen molar-refractivity contribution < 1.29 is 36.7 Å². The number of hydrogen-bond acceptors (Lipinski definition) is 9. The number of carbonyl (C=O) groups excluding carboxylic acids is 3. The molecular weight excluding hydrogens is 556 g/mol. The fourth-order valence-electron chi connectivity index (χ4n) is 4.71. The molecule has 1 amide bonds. The lowest BCUT2D eigenvalue weighted by Crippen LogP contribution is -2.42. The Morgan fingerprint density at radius 1 is 1.02 bits per heavy atom. The van der Waals surface area contributed by atoms with Gasteiger partial charge in [0.25, 0.3) is 5.91 Å². The van der Waals surface area contributed by atoms with Gasteiger partial charge in [-0.2, -0.15) is 4.31 Å². The Hall–Kier alpha value is -3.48. The first-order valence-corrected chi connectivity index (χ1v) is 15.2. The van der Waals surface area contributed by atoms with Crippen molar-refractivity contribution in [2.75, 3.05) is 31.6 Å². The van der Waals surface area contributed by atoms with E-state index in [1.807, 2.05) is 13.8 Å². The third-order valence-electron chi connectivity index (χ3n) is 6.43. The predicted molar refractivity (Wildman–Crippen MR) is 150 cm³/mol. The van der Waals surface area contributed by atoms with Crippen molar-refractivity contribution in [3.8, 4) is 11.3 Å². The molecule has 0 aliphatic carbocycles. The highest BCUT2D eigenvalue weighted by atomic mass is 32.2. The van der Waals surface area contributed by atoms with Gasteiger partial charge in [0, 0.05) is 24.0 Å². The molecule has 1 N–H and O–H groups in total. The minimum atomic E-state index is -3.69. The van der Waals surface area contributed by atoms with Crippen LogP contribution in [0.4, 0.5) is 5.00 Å². The van der Waals surface area contributed by atoms with Gasteiger partial charge in [0.2, 0.25) is 10.0 Å². The Balaban J connectivity index is 1.40. The normalized spacial score (nSPS) is 17.8. The van der Waals surface area contributed by atoms with Gasteiger partial charge in [0.05, 0.1) is 17.1 Å². The lowest BCUT2D eigenvalue weighted by atomic mass is 9.94. The Labute approximate surface area is 237 Å². The molecule has 10 nitrogen and oxygen atoms in total. The van der Waals surface area contributed by atoms with Gasteiger partial charge < -0.3 is 19.2 Å². The van der Waals surface area contributed by atoms with Gasteiger partial charge in [-0.1, -0.05) is 13.8 Å². The van der Waals surface area contributed by atoms with Crippen molar-refractivity contribution in [1.29, 1.82) is 0 Å². The van der Waals surface area contributed by atoms with Gasteiger partial charge >= 0.3 is 11.9 Å². The Morgan fingerprint density at radius 3 is 2.30 bits per heavy atom. The number of sulfonamides is 1. The molecule has 12 heteroatoms. The molecule has 40 heavy (non-hydrogen) atoms. The summed E-state index contributed by atoms with van der Waals surface area (Å²) in [4.78, 5) is 37.9. The van der Waals surface area contributed by atoms with Gasteiger partial charge in [-0.05, 0) is 68.5 Å². The fraction of sp³-hybridized carbons (Fsp3) is 0.393. The molecule has 0 unspecified atom stereocenters. The third-order valence-corrected chi connectivity index (χ3v) is 9.17. The maximum absolute atomic E-state index is 13.1. The van der Waals surface area contributed by atoms with Crippen LogP contribution in [0.15, 0.2) is 51.1 Å². The summed E-state index contributed by atoms with van der Waals surface area (Å²) >= 11 is 1.11. The minimum absolute atomic E-state index is 0.0924. The maximum Gasteiger partial charge on any atom is 0.341 e. The van der Waals surface area contributed by atoms with Crippen molar-refractivity contribution in [1.82, 2.24) is 4.31 Å². The van der Waals surface area contributed by atoms with Crippen molar-refractivity contribution in [3.63, 3.8) is 0 Å². The number of nitrogens with zero attached hydrogens (tertiary/aromatic N) is 1. The summed E-state index contributed by atoms with van der Waals surface area (Å²) in [5, 5.41) is 4.51. The van der Waals surface area contributed by atoms with Gasteiger partial charge in [-0.3, -0.25) is 4.79 Å². The Morgan fingerprint density at radius 2 is 1.70 bits per heavy atom. The number of rotatable bonds is 9. The molecule has 0 radical (unpaired) electrons. The van der Waals surface area contributed by atoms with E-state index in [2.05, 4.69) is 5.32 Å². The van der Waals surface area contributed by atoms with E-state index in [9.17, 15) is 22.8 Å². The van der Waals surface area contributed by atoms with Crippen molar-refractivity contribution >= 4 is 44.2 Å². The monoisotopic (exact) mass is 588 g/mol. The van der Waals surface area contributed by atoms with E-state index in [0.717, 1.165) is 17.8 Å². The van der Waals surface area contributed by atoms with Gasteiger partial charge in [0.15, 0.2) is 6.61 Å². The zero-order valence-corrected chi connectivity index (χ0v) is 24.4. The largest absolute Gasteiger partial charge is 0.462 e. The third kappa shape index (κ3) is 6.62. The fourth-order valence-corrected chi connectivity index (χ4v) is 7.34. The lowest BCUT2D eigenvalue weighted by Gasteiger charge is -2.34. The van der Waals surface area contributed by atoms with E-state index in [4.69, 9.17) is 13.9 Å². The summed E-state index contributed by atoms with van der Waals surface area (Å²) < 4.78 is 43.6. The topological polar surface area (TPSA) is 132 Å². The quantitative estimate of drug-likeness (QED) is 0.347. The molecule has 1 aliphatic heterocycles. The number of furan rings is 1. The molecule has 2 atom stereocenters. The molecule has 1 aliphatic rings. The number of amides is 1. The molecule has 0 bridgehead atoms. The SMILES string of the molecule is CCOC(=O)c1c(-c2ccc(C)o2)csc1NC(=O)COC(=O)c1ccc(S(=O)(=O)N2C[C@H](C)C[C@@H](C)C2)cc1. The van der Waals surface area contributed by atoms with E-state index in [-0.39, 0.29) is 39.5 Å². The highest BCUT2D eigenvalue weighted by Gasteiger charge is 2.32. The number of piperidine rings is 1. The van der Waals surface area contributed by atoms with E-state index in [1.165, 1.54) is 28.6 Å². The van der Waals surface area contributed by atoms with Crippen LogP contribution in [-0.4, -0.2) is 56.9 Å². The molecule has 1 saturated heterocycles. The lowest BCUT2D eigenvalue weighted by molar-refractivity contribution is -0.119. The molecule has 214 valence electrons. The van der Waals surface area contributed by atoms with Crippen molar-refractivity contribution in [3.05, 3.63) is 58.7 Å². The standard InChI is InChI=1S/C28H32N2O8S2/c1-5-36-28(33)25-22(23-11-6-19(4)38-23)16-39-26(25)29-24(31)15-37-27(32)20-7-9-21(10-8-20)40(34,35)30-13-17(2)12-18(3)14-30/h6-11,16-18H,5,12-15H2,1-4H3,(H,29,31)/t17-,18-/m1/s1. The number of nitrogens with one attached hydrogen (secondary N) is 1. The van der Waals surface area contributed by atoms with E-state index < -0.39 is 34.5 Å². The van der Waals surface area contributed by atoms with Crippen molar-refractivity contribution in [2.45, 2.75) is 39.0 Å². The number of aryl methyl sites for hydroxylation is 1. The first-order chi connectivity index (χ1) is 19.0. The van der Waals surface area contributed by atoms with Gasteiger partial charge in [-0.25, -0.2) is 18.0 Å². The predicted octanol–water partition coefficient (Wildman–Crippen LogP) is 4.96. The Bertz CT molecular complexity index is 1480. The average molecular weight is 589 g/mol. The second-order valence-electron chi connectivity index (χ2n) is 9.90. The summed E-state index contributed by atoms with van der Waals surface area (Å²) in [5.74, 6) is -0.417. The summed E-state index contributed by atoms with van der Waals surface area (Å²) in [5.41, 5.74) is 0.730. The van der Waals surface area contributed by atoms with Gasteiger partial charge in [-0.15, -0.1) is 11.3 Å². The van der Waals surface area contributed by atoms with Crippen LogP contribution in [0.5, 0.6) is 0 Å². The number of thiophene rings is 1. The zero-order valence-electron chi connectivity index (χ0n) is 22.8. The van der Waals surface area contributed by atoms with Crippen LogP contribution in [0, 0.1) is 18.8 Å². The zero-order chi connectivity index (χ0) is 29.0. The first kappa shape index (κ1) is 29.5. The molecule has 4 rings (SSSR count). The molecule has 1 fully saturated rings. The smallest absolute Gasteiger partial charge is 0.341 e. The summed E-state index contributed by atoms with van der Waals surface area (Å²) in [6.45, 7) is 7.95. The van der Waals surface area contributed by atoms with E-state index in [0.29, 0.717) is 30.2 Å². The summed E-state index contributed by atoms with van der Waals surface area (Å²) in [6.07, 6.45) is 0.978. The first-order valence-electron chi connectivity index (χ1n) is 12.9. The molecular formula is C28H32N2O8S2. The van der Waals surface area contributed by atoms with Crippen molar-refractivity contribution in [2.24, 2.45) is 11.8 Å². The van der Waals surface area contributed by atoms with E-state index in [1.54, 1.807) is 31.4 Å². The van der Waals surface area contributed by atoms with Crippen LogP contribution in [0.25, 0.3) is 11.3 Å². The van der Waals surface area contributed by atoms with Gasteiger partial charge in [0.1, 0.15) is 22.1 Å². The second-order valence-corrected chi connectivity index (χ2v) is 12.7. The number of carbonyl (C=O) groups is 3. The van der Waals surface area contributed by atoms with Crippen LogP contribution < -0.4 is 5.32 Å². The average Bonchev–Trinajstić information content (AvgIpc) is 3.52. The highest BCUT2D eigenvalue weighted by Crippen LogP contribution is 2.37. The highest BCUT2D eigenvalue weighted by molar-refractivity contribution is 7.89. The number of anilines is 1. The number of hydrogen-bond donors (Lipinski definition) is 1. The van der Waals surface area contributed by atoms with Crippen LogP contribution in [0.1, 0.15) is 53.7 Å². The minimum Gasteiger partial charge on any atom is -0.462 e. The molecule has 3 heterocycles. The van der Waals surface area contributed by atoms with Crippen LogP contribution in [0.3, 0.4) is 0 Å². The number of esters is 2. The molecule has 0 spiro atoms. The molecule has 1 aromatic carbocycles.